The van der Waals surface area contributed by atoms with Crippen LogP contribution in [0.15, 0.2) is 30.3 Å². The molecule has 4 nitrogen and oxygen atoms in total. The Labute approximate surface area is 100 Å². The highest BCUT2D eigenvalue weighted by molar-refractivity contribution is 5.81. The van der Waals surface area contributed by atoms with Crippen molar-refractivity contribution in [2.45, 2.75) is 31.9 Å². The standard InChI is InChI=1S/C13H15NO3/c1-13(8-5-9-14(13)16)12(15)17-10-11-6-3-2-4-7-11/h2-4,6-7,9H,5,8,10H2,1H3. The maximum atomic E-state index is 11.9. The van der Waals surface area contributed by atoms with E-state index in [9.17, 15) is 10.0 Å². The summed E-state index contributed by atoms with van der Waals surface area (Å²) in [5, 5.41) is 11.5. The van der Waals surface area contributed by atoms with Crippen LogP contribution in [0.25, 0.3) is 0 Å². The van der Waals surface area contributed by atoms with E-state index in [1.54, 1.807) is 6.92 Å². The highest BCUT2D eigenvalue weighted by Crippen LogP contribution is 2.23. The highest BCUT2D eigenvalue weighted by Gasteiger charge is 2.46. The molecule has 1 aromatic carbocycles. The minimum absolute atomic E-state index is 0.211. The van der Waals surface area contributed by atoms with E-state index in [0.717, 1.165) is 5.56 Å². The molecule has 17 heavy (non-hydrogen) atoms. The predicted octanol–water partition coefficient (Wildman–Crippen LogP) is 1.86. The molecule has 1 aromatic rings. The van der Waals surface area contributed by atoms with E-state index < -0.39 is 11.5 Å². The van der Waals surface area contributed by atoms with E-state index in [2.05, 4.69) is 0 Å². The third-order valence-corrected chi connectivity index (χ3v) is 3.06. The van der Waals surface area contributed by atoms with Crippen LogP contribution in [-0.2, 0) is 16.1 Å². The van der Waals surface area contributed by atoms with Gasteiger partial charge in [-0.05, 0) is 5.56 Å². The summed E-state index contributed by atoms with van der Waals surface area (Å²) in [7, 11) is 0. The lowest BCUT2D eigenvalue weighted by molar-refractivity contribution is -0.518. The molecule has 1 aliphatic heterocycles. The zero-order valence-corrected chi connectivity index (χ0v) is 9.76. The molecule has 0 N–H and O–H groups in total. The van der Waals surface area contributed by atoms with Gasteiger partial charge >= 0.3 is 5.97 Å². The Bertz CT molecular complexity index is 441. The largest absolute Gasteiger partial charge is 0.623 e. The number of esters is 1. The first kappa shape index (κ1) is 11.6. The molecule has 1 unspecified atom stereocenters. The van der Waals surface area contributed by atoms with Gasteiger partial charge in [0, 0.05) is 19.8 Å². The quantitative estimate of drug-likeness (QED) is 0.455. The number of benzene rings is 1. The molecular weight excluding hydrogens is 218 g/mol. The Kier molecular flexibility index (Phi) is 3.13. The zero-order valence-electron chi connectivity index (χ0n) is 9.76. The first-order chi connectivity index (χ1) is 8.13. The second kappa shape index (κ2) is 4.57. The van der Waals surface area contributed by atoms with Crippen molar-refractivity contribution in [3.8, 4) is 0 Å². The molecule has 0 radical (unpaired) electrons. The second-order valence-corrected chi connectivity index (χ2v) is 4.38. The van der Waals surface area contributed by atoms with Gasteiger partial charge in [-0.15, -0.1) is 0 Å². The van der Waals surface area contributed by atoms with E-state index >= 15 is 0 Å². The molecule has 0 aromatic heterocycles. The van der Waals surface area contributed by atoms with Crippen molar-refractivity contribution in [1.82, 2.24) is 0 Å². The first-order valence-corrected chi connectivity index (χ1v) is 5.64. The van der Waals surface area contributed by atoms with Gasteiger partial charge in [0.2, 0.25) is 0 Å². The van der Waals surface area contributed by atoms with E-state index in [1.807, 2.05) is 30.3 Å². The number of hydroxylamine groups is 1. The topological polar surface area (TPSA) is 52.4 Å². The molecule has 4 heteroatoms. The predicted molar refractivity (Wildman–Crippen MR) is 63.6 cm³/mol. The number of ether oxygens (including phenoxy) is 1. The van der Waals surface area contributed by atoms with Gasteiger partial charge < -0.3 is 9.94 Å². The Morgan fingerprint density at radius 1 is 1.47 bits per heavy atom. The third-order valence-electron chi connectivity index (χ3n) is 3.06. The summed E-state index contributed by atoms with van der Waals surface area (Å²) in [5.74, 6) is -0.454. The molecule has 1 atom stereocenters. The Hall–Kier alpha value is -1.84. The molecule has 1 aliphatic rings. The van der Waals surface area contributed by atoms with E-state index in [-0.39, 0.29) is 6.61 Å². The molecule has 0 saturated heterocycles. The number of carbonyl (C=O) groups excluding carboxylic acids is 1. The molecule has 0 bridgehead atoms. The van der Waals surface area contributed by atoms with Crippen molar-refractivity contribution in [2.75, 3.05) is 0 Å². The van der Waals surface area contributed by atoms with Crippen molar-refractivity contribution < 1.29 is 14.3 Å². The van der Waals surface area contributed by atoms with Crippen LogP contribution in [0, 0.1) is 5.21 Å². The fourth-order valence-corrected chi connectivity index (χ4v) is 1.85. The lowest BCUT2D eigenvalue weighted by Gasteiger charge is -2.21. The van der Waals surface area contributed by atoms with Crippen LogP contribution in [0.1, 0.15) is 25.3 Å². The van der Waals surface area contributed by atoms with Gasteiger partial charge in [-0.1, -0.05) is 30.3 Å². The number of hydrogen-bond acceptors (Lipinski definition) is 3. The van der Waals surface area contributed by atoms with E-state index in [1.165, 1.54) is 6.21 Å². The van der Waals surface area contributed by atoms with E-state index in [0.29, 0.717) is 17.6 Å². The third kappa shape index (κ3) is 2.30. The van der Waals surface area contributed by atoms with Gasteiger partial charge in [-0.2, -0.15) is 4.74 Å². The van der Waals surface area contributed by atoms with Crippen molar-refractivity contribution in [1.29, 1.82) is 0 Å². The van der Waals surface area contributed by atoms with Crippen LogP contribution < -0.4 is 0 Å². The van der Waals surface area contributed by atoms with Crippen LogP contribution >= 0.6 is 0 Å². The van der Waals surface area contributed by atoms with Crippen LogP contribution in [0.4, 0.5) is 0 Å². The summed E-state index contributed by atoms with van der Waals surface area (Å²) in [6.45, 7) is 1.83. The highest BCUT2D eigenvalue weighted by atomic mass is 16.5. The molecule has 0 fully saturated rings. The molecule has 2 rings (SSSR count). The number of carbonyl (C=O) groups is 1. The Morgan fingerprint density at radius 3 is 2.76 bits per heavy atom. The van der Waals surface area contributed by atoms with Crippen LogP contribution in [0.5, 0.6) is 0 Å². The maximum Gasteiger partial charge on any atom is 0.379 e. The Morgan fingerprint density at radius 2 is 2.18 bits per heavy atom. The molecule has 0 aliphatic carbocycles. The van der Waals surface area contributed by atoms with Crippen LogP contribution in [-0.4, -0.2) is 22.5 Å². The average molecular weight is 233 g/mol. The molecular formula is C13H15NO3. The summed E-state index contributed by atoms with van der Waals surface area (Å²) in [5.41, 5.74) is -0.127. The lowest BCUT2D eigenvalue weighted by Crippen LogP contribution is -2.42. The lowest BCUT2D eigenvalue weighted by atomic mass is 10.0. The SMILES string of the molecule is CC1(C(=O)OCc2ccccc2)CCC=[N+]1[O-]. The fourth-order valence-electron chi connectivity index (χ4n) is 1.85. The van der Waals surface area contributed by atoms with Gasteiger partial charge in [-0.3, -0.25) is 0 Å². The smallest absolute Gasteiger partial charge is 0.379 e. The van der Waals surface area contributed by atoms with Crippen molar-refractivity contribution in [3.63, 3.8) is 0 Å². The van der Waals surface area contributed by atoms with Gasteiger partial charge in [0.1, 0.15) is 6.61 Å². The van der Waals surface area contributed by atoms with Gasteiger partial charge in [0.25, 0.3) is 5.54 Å². The summed E-state index contributed by atoms with van der Waals surface area (Å²) in [6, 6.07) is 9.43. The second-order valence-electron chi connectivity index (χ2n) is 4.38. The summed E-state index contributed by atoms with van der Waals surface area (Å²) < 4.78 is 5.89. The minimum Gasteiger partial charge on any atom is -0.623 e. The molecule has 90 valence electrons. The summed E-state index contributed by atoms with van der Waals surface area (Å²) in [4.78, 5) is 11.9. The van der Waals surface area contributed by atoms with Crippen LogP contribution in [0.2, 0.25) is 0 Å². The Balaban J connectivity index is 1.97. The van der Waals surface area contributed by atoms with Crippen molar-refractivity contribution in [3.05, 3.63) is 41.1 Å². The van der Waals surface area contributed by atoms with Crippen molar-refractivity contribution >= 4 is 12.2 Å². The van der Waals surface area contributed by atoms with Gasteiger partial charge in [-0.25, -0.2) is 4.79 Å². The number of rotatable bonds is 3. The molecule has 0 saturated carbocycles. The number of hydrogen-bond donors (Lipinski definition) is 0. The average Bonchev–Trinajstić information content (AvgIpc) is 2.69. The van der Waals surface area contributed by atoms with Crippen LogP contribution in [0.3, 0.4) is 0 Å². The van der Waals surface area contributed by atoms with E-state index in [4.69, 9.17) is 4.74 Å². The summed E-state index contributed by atoms with van der Waals surface area (Å²) in [6.07, 6.45) is 2.63. The normalized spacial score (nSPS) is 23.2. The molecule has 1 heterocycles. The maximum absolute atomic E-state index is 11.9. The van der Waals surface area contributed by atoms with Crippen molar-refractivity contribution in [2.24, 2.45) is 0 Å². The number of nitrogens with zero attached hydrogens (tertiary/aromatic N) is 1. The van der Waals surface area contributed by atoms with Gasteiger partial charge in [0.05, 0.1) is 0 Å². The zero-order chi connectivity index (χ0) is 12.3. The van der Waals surface area contributed by atoms with Gasteiger partial charge in [0.15, 0.2) is 6.21 Å². The molecule has 0 spiro atoms. The first-order valence-electron chi connectivity index (χ1n) is 5.64. The molecule has 0 amide bonds. The fraction of sp³-hybridized carbons (Fsp3) is 0.385. The monoisotopic (exact) mass is 233 g/mol. The summed E-state index contributed by atoms with van der Waals surface area (Å²) >= 11 is 0. The minimum atomic E-state index is -1.05.